The fraction of sp³-hybridized carbons (Fsp3) is 0.125. The van der Waals surface area contributed by atoms with Crippen LogP contribution >= 0.6 is 23.2 Å². The van der Waals surface area contributed by atoms with E-state index in [4.69, 9.17) is 28.0 Å². The van der Waals surface area contributed by atoms with Gasteiger partial charge in [-0.2, -0.15) is 0 Å². The number of fused-ring (bicyclic) bond motifs is 1. The van der Waals surface area contributed by atoms with Crippen LogP contribution in [0, 0.1) is 5.92 Å². The average Bonchev–Trinajstić information content (AvgIpc) is 3.08. The Hall–Kier alpha value is -2.44. The van der Waals surface area contributed by atoms with E-state index in [2.05, 4.69) is 10.1 Å². The number of hydrogen-bond acceptors (Lipinski definition) is 5. The van der Waals surface area contributed by atoms with Gasteiger partial charge in [0.25, 0.3) is 5.91 Å². The standard InChI is InChI=1S/C16H9Cl2N3O3/c17-9-4-10(18)6-11(5-9)21-15(22)12-13(8-2-1-3-19-7-8)20-24-14(12)16(21)23/h1-7,12,14H. The Labute approximate surface area is 146 Å². The zero-order valence-corrected chi connectivity index (χ0v) is 13.5. The van der Waals surface area contributed by atoms with Gasteiger partial charge < -0.3 is 4.84 Å². The van der Waals surface area contributed by atoms with Crippen molar-refractivity contribution in [1.82, 2.24) is 4.98 Å². The summed E-state index contributed by atoms with van der Waals surface area (Å²) < 4.78 is 0. The lowest BCUT2D eigenvalue weighted by molar-refractivity contribution is -0.126. The van der Waals surface area contributed by atoms with Gasteiger partial charge >= 0.3 is 0 Å². The van der Waals surface area contributed by atoms with Gasteiger partial charge in [0.05, 0.1) is 5.69 Å². The van der Waals surface area contributed by atoms with Gasteiger partial charge in [0.1, 0.15) is 11.6 Å². The third-order valence-corrected chi connectivity index (χ3v) is 4.31. The van der Waals surface area contributed by atoms with Crippen LogP contribution in [0.1, 0.15) is 5.56 Å². The molecule has 8 heteroatoms. The number of carbonyl (C=O) groups is 2. The molecule has 1 saturated heterocycles. The highest BCUT2D eigenvalue weighted by molar-refractivity contribution is 6.37. The van der Waals surface area contributed by atoms with E-state index in [0.717, 1.165) is 4.90 Å². The molecule has 0 radical (unpaired) electrons. The highest BCUT2D eigenvalue weighted by Gasteiger charge is 2.56. The monoisotopic (exact) mass is 361 g/mol. The fourth-order valence-corrected chi connectivity index (χ4v) is 3.37. The van der Waals surface area contributed by atoms with Crippen molar-refractivity contribution in [2.75, 3.05) is 4.90 Å². The molecule has 2 aromatic rings. The Morgan fingerprint density at radius 1 is 1.08 bits per heavy atom. The molecule has 3 heterocycles. The van der Waals surface area contributed by atoms with E-state index in [-0.39, 0.29) is 0 Å². The molecule has 2 aliphatic rings. The van der Waals surface area contributed by atoms with Gasteiger partial charge in [-0.25, -0.2) is 4.90 Å². The number of oxime groups is 1. The molecule has 0 saturated carbocycles. The molecule has 2 atom stereocenters. The summed E-state index contributed by atoms with van der Waals surface area (Å²) in [6.45, 7) is 0. The minimum absolute atomic E-state index is 0.311. The number of anilines is 1. The number of halogens is 2. The average molecular weight is 362 g/mol. The van der Waals surface area contributed by atoms with Gasteiger partial charge in [0.2, 0.25) is 12.0 Å². The molecule has 0 spiro atoms. The van der Waals surface area contributed by atoms with Crippen molar-refractivity contribution < 1.29 is 14.4 Å². The molecule has 120 valence electrons. The fourth-order valence-electron chi connectivity index (χ4n) is 2.85. The van der Waals surface area contributed by atoms with Crippen LogP contribution in [-0.4, -0.2) is 28.6 Å². The van der Waals surface area contributed by atoms with Crippen LogP contribution in [0.4, 0.5) is 5.69 Å². The smallest absolute Gasteiger partial charge is 0.278 e. The molecule has 2 aliphatic heterocycles. The Kier molecular flexibility index (Phi) is 3.51. The lowest BCUT2D eigenvalue weighted by Crippen LogP contribution is -2.33. The maximum Gasteiger partial charge on any atom is 0.278 e. The highest BCUT2D eigenvalue weighted by Crippen LogP contribution is 2.36. The second kappa shape index (κ2) is 5.58. The van der Waals surface area contributed by atoms with Crippen LogP contribution in [0.5, 0.6) is 0 Å². The first-order valence-electron chi connectivity index (χ1n) is 7.04. The summed E-state index contributed by atoms with van der Waals surface area (Å²) in [5, 5.41) is 4.57. The molecule has 1 aromatic carbocycles. The van der Waals surface area contributed by atoms with E-state index in [9.17, 15) is 9.59 Å². The number of pyridine rings is 1. The van der Waals surface area contributed by atoms with Gasteiger partial charge in [0, 0.05) is 28.0 Å². The Bertz CT molecular complexity index is 865. The number of nitrogens with zero attached hydrogens (tertiary/aromatic N) is 3. The second-order valence-electron chi connectivity index (χ2n) is 5.36. The highest BCUT2D eigenvalue weighted by atomic mass is 35.5. The zero-order valence-electron chi connectivity index (χ0n) is 12.0. The summed E-state index contributed by atoms with van der Waals surface area (Å²) in [6.07, 6.45) is 2.20. The number of imide groups is 1. The molecule has 1 fully saturated rings. The van der Waals surface area contributed by atoms with Crippen LogP contribution in [0.3, 0.4) is 0 Å². The molecule has 2 unspecified atom stereocenters. The normalized spacial score (nSPS) is 22.4. The molecular weight excluding hydrogens is 353 g/mol. The Morgan fingerprint density at radius 2 is 1.83 bits per heavy atom. The molecule has 0 N–H and O–H groups in total. The van der Waals surface area contributed by atoms with Gasteiger partial charge in [-0.3, -0.25) is 14.6 Å². The first-order valence-corrected chi connectivity index (χ1v) is 7.80. The number of carbonyl (C=O) groups excluding carboxylic acids is 2. The minimum Gasteiger partial charge on any atom is -0.381 e. The number of rotatable bonds is 2. The van der Waals surface area contributed by atoms with Gasteiger partial charge in [-0.05, 0) is 30.3 Å². The SMILES string of the molecule is O=C1C2ON=C(c3cccnc3)C2C(=O)N1c1cc(Cl)cc(Cl)c1. The van der Waals surface area contributed by atoms with Crippen LogP contribution in [-0.2, 0) is 14.4 Å². The topological polar surface area (TPSA) is 71.9 Å². The summed E-state index contributed by atoms with van der Waals surface area (Å²) >= 11 is 11.9. The minimum atomic E-state index is -0.981. The maximum atomic E-state index is 12.8. The number of hydrogen-bond donors (Lipinski definition) is 0. The van der Waals surface area contributed by atoms with Crippen LogP contribution < -0.4 is 4.90 Å². The predicted octanol–water partition coefficient (Wildman–Crippen LogP) is 2.68. The van der Waals surface area contributed by atoms with Crippen molar-refractivity contribution >= 4 is 46.4 Å². The number of aromatic nitrogens is 1. The van der Waals surface area contributed by atoms with Gasteiger partial charge in [-0.1, -0.05) is 28.4 Å². The number of amides is 2. The summed E-state index contributed by atoms with van der Waals surface area (Å²) in [5.74, 6) is -1.73. The molecule has 0 bridgehead atoms. The van der Waals surface area contributed by atoms with E-state index in [0.29, 0.717) is 27.0 Å². The first-order chi connectivity index (χ1) is 11.6. The molecule has 0 aliphatic carbocycles. The molecule has 1 aromatic heterocycles. The lowest BCUT2D eigenvalue weighted by Gasteiger charge is -2.16. The van der Waals surface area contributed by atoms with Crippen molar-refractivity contribution in [2.45, 2.75) is 6.10 Å². The lowest BCUT2D eigenvalue weighted by atomic mass is 9.95. The summed E-state index contributed by atoms with van der Waals surface area (Å²) in [7, 11) is 0. The van der Waals surface area contributed by atoms with Crippen LogP contribution in [0.2, 0.25) is 10.0 Å². The van der Waals surface area contributed by atoms with Crippen LogP contribution in [0.15, 0.2) is 47.9 Å². The van der Waals surface area contributed by atoms with Crippen molar-refractivity contribution in [1.29, 1.82) is 0 Å². The molecular formula is C16H9Cl2N3O3. The Morgan fingerprint density at radius 3 is 2.50 bits per heavy atom. The van der Waals surface area contributed by atoms with Crippen molar-refractivity contribution in [3.8, 4) is 0 Å². The van der Waals surface area contributed by atoms with Crippen LogP contribution in [0.25, 0.3) is 0 Å². The van der Waals surface area contributed by atoms with E-state index in [1.54, 1.807) is 24.5 Å². The zero-order chi connectivity index (χ0) is 16.8. The first kappa shape index (κ1) is 15.1. The number of benzene rings is 1. The second-order valence-corrected chi connectivity index (χ2v) is 6.23. The van der Waals surface area contributed by atoms with Gasteiger partial charge in [-0.15, -0.1) is 0 Å². The van der Waals surface area contributed by atoms with Crippen molar-refractivity contribution in [2.24, 2.45) is 11.1 Å². The van der Waals surface area contributed by atoms with E-state index >= 15 is 0 Å². The Balaban J connectivity index is 1.73. The predicted molar refractivity (Wildman–Crippen MR) is 88.1 cm³/mol. The van der Waals surface area contributed by atoms with E-state index < -0.39 is 23.8 Å². The summed E-state index contributed by atoms with van der Waals surface area (Å²) in [6, 6.07) is 8.02. The van der Waals surface area contributed by atoms with E-state index in [1.165, 1.54) is 18.2 Å². The van der Waals surface area contributed by atoms with Crippen molar-refractivity contribution in [3.63, 3.8) is 0 Å². The summed E-state index contributed by atoms with van der Waals surface area (Å²) in [5.41, 5.74) is 1.34. The third-order valence-electron chi connectivity index (χ3n) is 3.87. The maximum absolute atomic E-state index is 12.8. The molecule has 2 amide bonds. The molecule has 4 rings (SSSR count). The summed E-state index contributed by atoms with van der Waals surface area (Å²) in [4.78, 5) is 35.7. The molecule has 24 heavy (non-hydrogen) atoms. The van der Waals surface area contributed by atoms with Gasteiger partial charge in [0.15, 0.2) is 0 Å². The van der Waals surface area contributed by atoms with E-state index in [1.807, 2.05) is 0 Å². The molecule has 6 nitrogen and oxygen atoms in total. The van der Waals surface area contributed by atoms with Crippen molar-refractivity contribution in [3.05, 3.63) is 58.3 Å². The quantitative estimate of drug-likeness (QED) is 0.770. The largest absolute Gasteiger partial charge is 0.381 e. The third kappa shape index (κ3) is 2.26.